The van der Waals surface area contributed by atoms with Gasteiger partial charge in [-0.05, 0) is 55.2 Å². The zero-order valence-corrected chi connectivity index (χ0v) is 14.1. The summed E-state index contributed by atoms with van der Waals surface area (Å²) in [6, 6.07) is 6.90. The third kappa shape index (κ3) is 4.10. The van der Waals surface area contributed by atoms with E-state index >= 15 is 0 Å². The summed E-state index contributed by atoms with van der Waals surface area (Å²) in [6.07, 6.45) is 5.20. The molecular formula is C17H21N3O3S. The molecule has 128 valence electrons. The Bertz CT molecular complexity index is 732. The van der Waals surface area contributed by atoms with Crippen molar-refractivity contribution in [1.29, 1.82) is 0 Å². The Morgan fingerprint density at radius 3 is 2.67 bits per heavy atom. The fourth-order valence-corrected chi connectivity index (χ4v) is 3.23. The molecule has 1 aromatic heterocycles. The van der Waals surface area contributed by atoms with E-state index in [0.717, 1.165) is 18.4 Å². The highest BCUT2D eigenvalue weighted by Crippen LogP contribution is 2.26. The van der Waals surface area contributed by atoms with Gasteiger partial charge in [0.25, 0.3) is 10.7 Å². The van der Waals surface area contributed by atoms with Gasteiger partial charge in [-0.3, -0.25) is 4.79 Å². The number of hydrogen-bond donors (Lipinski definition) is 3. The number of H-pyrrole nitrogens is 1. The third-order valence-electron chi connectivity index (χ3n) is 4.50. The quantitative estimate of drug-likeness (QED) is 0.723. The molecule has 1 fully saturated rings. The lowest BCUT2D eigenvalue weighted by Crippen LogP contribution is -2.37. The van der Waals surface area contributed by atoms with Crippen LogP contribution in [0.1, 0.15) is 42.5 Å². The maximum Gasteiger partial charge on any atom is 0.284 e. The van der Waals surface area contributed by atoms with Crippen molar-refractivity contribution in [2.24, 2.45) is 5.92 Å². The number of nitrogens with one attached hydrogen (secondary N) is 2. The Morgan fingerprint density at radius 2 is 2.04 bits per heavy atom. The third-order valence-corrected chi connectivity index (χ3v) is 4.67. The minimum Gasteiger partial charge on any atom is -0.409 e. The fourth-order valence-electron chi connectivity index (χ4n) is 3.10. The standard InChI is InChI=1S/C17H21N3O3S/c21-14(11-4-2-1-3-5-11)10-18-15(22)12-6-8-13(9-7-12)16-19-20-17(24)23-16/h6-9,11,14,21H,1-5,10H2,(H,18,22)(H,20,24). The van der Waals surface area contributed by atoms with Crippen LogP contribution < -0.4 is 5.32 Å². The lowest BCUT2D eigenvalue weighted by molar-refractivity contribution is 0.0738. The molecule has 6 nitrogen and oxygen atoms in total. The maximum absolute atomic E-state index is 12.2. The molecule has 0 bridgehead atoms. The summed E-state index contributed by atoms with van der Waals surface area (Å²) >= 11 is 4.84. The first-order valence-electron chi connectivity index (χ1n) is 8.25. The maximum atomic E-state index is 12.2. The van der Waals surface area contributed by atoms with E-state index in [0.29, 0.717) is 23.9 Å². The number of amides is 1. The predicted molar refractivity (Wildman–Crippen MR) is 92.0 cm³/mol. The van der Waals surface area contributed by atoms with Gasteiger partial charge >= 0.3 is 0 Å². The second-order valence-electron chi connectivity index (χ2n) is 6.17. The van der Waals surface area contributed by atoms with Crippen molar-refractivity contribution in [3.8, 4) is 11.5 Å². The van der Waals surface area contributed by atoms with Gasteiger partial charge in [0, 0.05) is 17.7 Å². The minimum atomic E-state index is -0.471. The van der Waals surface area contributed by atoms with Crippen molar-refractivity contribution < 1.29 is 14.3 Å². The molecule has 1 amide bonds. The molecule has 1 aliphatic carbocycles. The van der Waals surface area contributed by atoms with Gasteiger partial charge in [-0.1, -0.05) is 19.3 Å². The van der Waals surface area contributed by atoms with Crippen LogP contribution in [-0.4, -0.2) is 33.9 Å². The minimum absolute atomic E-state index is 0.195. The molecule has 1 unspecified atom stereocenters. The van der Waals surface area contributed by atoms with Crippen LogP contribution in [-0.2, 0) is 0 Å². The Balaban J connectivity index is 1.56. The summed E-state index contributed by atoms with van der Waals surface area (Å²) in [5.41, 5.74) is 1.27. The Morgan fingerprint density at radius 1 is 1.33 bits per heavy atom. The van der Waals surface area contributed by atoms with Crippen molar-refractivity contribution in [2.75, 3.05) is 6.54 Å². The van der Waals surface area contributed by atoms with Crippen molar-refractivity contribution in [3.63, 3.8) is 0 Å². The van der Waals surface area contributed by atoms with Crippen LogP contribution in [0, 0.1) is 10.8 Å². The molecule has 0 spiro atoms. The van der Waals surface area contributed by atoms with Crippen LogP contribution in [0.25, 0.3) is 11.5 Å². The van der Waals surface area contributed by atoms with Crippen molar-refractivity contribution >= 4 is 18.1 Å². The van der Waals surface area contributed by atoms with Crippen LogP contribution in [0.4, 0.5) is 0 Å². The van der Waals surface area contributed by atoms with Gasteiger partial charge in [-0.15, -0.1) is 5.10 Å². The van der Waals surface area contributed by atoms with E-state index in [1.807, 2.05) is 0 Å². The van der Waals surface area contributed by atoms with E-state index in [4.69, 9.17) is 16.6 Å². The first kappa shape index (κ1) is 16.9. The molecule has 0 saturated heterocycles. The van der Waals surface area contributed by atoms with Crippen molar-refractivity contribution in [2.45, 2.75) is 38.2 Å². The van der Waals surface area contributed by atoms with Gasteiger partial charge in [-0.25, -0.2) is 5.10 Å². The SMILES string of the molecule is O=C(NCC(O)C1CCCCC1)c1ccc(-c2n[nH]c(=S)o2)cc1. The second kappa shape index (κ2) is 7.72. The van der Waals surface area contributed by atoms with E-state index in [1.165, 1.54) is 19.3 Å². The summed E-state index contributed by atoms with van der Waals surface area (Å²) < 4.78 is 5.23. The van der Waals surface area contributed by atoms with Gasteiger partial charge in [0.2, 0.25) is 5.89 Å². The topological polar surface area (TPSA) is 91.1 Å². The average Bonchev–Trinajstić information content (AvgIpc) is 3.06. The zero-order valence-electron chi connectivity index (χ0n) is 13.3. The second-order valence-corrected chi connectivity index (χ2v) is 6.54. The van der Waals surface area contributed by atoms with E-state index in [-0.39, 0.29) is 10.7 Å². The number of nitrogens with zero attached hydrogens (tertiary/aromatic N) is 1. The van der Waals surface area contributed by atoms with E-state index < -0.39 is 6.10 Å². The van der Waals surface area contributed by atoms with Crippen molar-refractivity contribution in [3.05, 3.63) is 34.7 Å². The summed E-state index contributed by atoms with van der Waals surface area (Å²) in [5, 5.41) is 19.5. The van der Waals surface area contributed by atoms with Crippen LogP contribution >= 0.6 is 12.2 Å². The Kier molecular flexibility index (Phi) is 5.42. The number of carbonyl (C=O) groups is 1. The van der Waals surface area contributed by atoms with Crippen LogP contribution in [0.15, 0.2) is 28.7 Å². The highest BCUT2D eigenvalue weighted by Gasteiger charge is 2.22. The van der Waals surface area contributed by atoms with Crippen molar-refractivity contribution in [1.82, 2.24) is 15.5 Å². The number of carbonyl (C=O) groups excluding carboxylic acids is 1. The molecule has 1 atom stereocenters. The molecule has 1 aromatic carbocycles. The van der Waals surface area contributed by atoms with Crippen LogP contribution in [0.5, 0.6) is 0 Å². The first-order chi connectivity index (χ1) is 11.6. The molecule has 3 rings (SSSR count). The number of rotatable bonds is 5. The van der Waals surface area contributed by atoms with Gasteiger partial charge in [0.15, 0.2) is 0 Å². The molecule has 1 heterocycles. The summed E-state index contributed by atoms with van der Waals surface area (Å²) in [6.45, 7) is 0.291. The largest absolute Gasteiger partial charge is 0.409 e. The van der Waals surface area contributed by atoms with Crippen LogP contribution in [0.2, 0.25) is 0 Å². The highest BCUT2D eigenvalue weighted by molar-refractivity contribution is 7.71. The molecule has 24 heavy (non-hydrogen) atoms. The highest BCUT2D eigenvalue weighted by atomic mass is 32.1. The number of hydrogen-bond acceptors (Lipinski definition) is 5. The number of aliphatic hydroxyl groups is 1. The molecule has 0 radical (unpaired) electrons. The lowest BCUT2D eigenvalue weighted by Gasteiger charge is -2.26. The zero-order chi connectivity index (χ0) is 16.9. The summed E-state index contributed by atoms with van der Waals surface area (Å²) in [5.74, 6) is 0.495. The summed E-state index contributed by atoms with van der Waals surface area (Å²) in [4.78, 5) is 12.4. The van der Waals surface area contributed by atoms with Gasteiger partial charge in [0.1, 0.15) is 0 Å². The van der Waals surface area contributed by atoms with Gasteiger partial charge in [-0.2, -0.15) is 0 Å². The number of benzene rings is 1. The molecule has 1 aliphatic rings. The van der Waals surface area contributed by atoms with E-state index in [1.54, 1.807) is 24.3 Å². The molecular weight excluding hydrogens is 326 g/mol. The van der Waals surface area contributed by atoms with Crippen LogP contribution in [0.3, 0.4) is 0 Å². The Labute approximate surface area is 145 Å². The average molecular weight is 347 g/mol. The Hall–Kier alpha value is -1.99. The fraction of sp³-hybridized carbons (Fsp3) is 0.471. The normalized spacial score (nSPS) is 16.7. The smallest absolute Gasteiger partial charge is 0.284 e. The van der Waals surface area contributed by atoms with E-state index in [9.17, 15) is 9.90 Å². The molecule has 7 heteroatoms. The molecule has 3 N–H and O–H groups in total. The lowest BCUT2D eigenvalue weighted by atomic mass is 9.85. The van der Waals surface area contributed by atoms with Gasteiger partial charge in [0.05, 0.1) is 6.10 Å². The number of aromatic amines is 1. The molecule has 0 aliphatic heterocycles. The predicted octanol–water partition coefficient (Wildman–Crippen LogP) is 3.07. The summed E-state index contributed by atoms with van der Waals surface area (Å²) in [7, 11) is 0. The molecule has 2 aromatic rings. The monoisotopic (exact) mass is 347 g/mol. The molecule has 1 saturated carbocycles. The number of aliphatic hydroxyl groups excluding tert-OH is 1. The number of aromatic nitrogens is 2. The first-order valence-corrected chi connectivity index (χ1v) is 8.66. The van der Waals surface area contributed by atoms with Gasteiger partial charge < -0.3 is 14.8 Å². The van der Waals surface area contributed by atoms with E-state index in [2.05, 4.69) is 15.5 Å².